The molecule has 3 aromatic rings. The second kappa shape index (κ2) is 9.43. The number of anilines is 2. The van der Waals surface area contributed by atoms with Gasteiger partial charge < -0.3 is 19.6 Å². The molecule has 1 amide bonds. The van der Waals surface area contributed by atoms with E-state index in [4.69, 9.17) is 6.35 Å². The highest BCUT2D eigenvalue weighted by molar-refractivity contribution is 5.96. The number of carbonyl (C=O) groups excluding carboxylic acids is 1. The highest BCUT2D eigenvalue weighted by atomic mass is 16.2. The second-order valence-electron chi connectivity index (χ2n) is 12.4. The quantitative estimate of drug-likeness (QED) is 0.504. The van der Waals surface area contributed by atoms with Crippen LogP contribution in [0.4, 0.5) is 11.5 Å². The van der Waals surface area contributed by atoms with Crippen LogP contribution in [-0.4, -0.2) is 109 Å². The van der Waals surface area contributed by atoms with E-state index in [9.17, 15) is 10.1 Å². The van der Waals surface area contributed by atoms with Crippen LogP contribution in [0, 0.1) is 23.7 Å². The Morgan fingerprint density at radius 3 is 2.65 bits per heavy atom. The van der Waals surface area contributed by atoms with E-state index in [1.807, 2.05) is 29.2 Å². The summed E-state index contributed by atoms with van der Waals surface area (Å²) in [6.45, 7) is 12.7. The monoisotopic (exact) mass is 537 g/mol. The Morgan fingerprint density at radius 1 is 1.10 bits per heavy atom. The van der Waals surface area contributed by atoms with Crippen LogP contribution >= 0.6 is 0 Å². The van der Waals surface area contributed by atoms with Gasteiger partial charge in [0, 0.05) is 99.8 Å². The molecule has 2 aromatic heterocycles. The van der Waals surface area contributed by atoms with Crippen molar-refractivity contribution in [3.8, 4) is 6.07 Å². The largest absolute Gasteiger partial charge is 0.368 e. The lowest BCUT2D eigenvalue weighted by Gasteiger charge is -2.59. The number of hydrogen-bond donors (Lipinski definition) is 0. The summed E-state index contributed by atoms with van der Waals surface area (Å²) in [4.78, 5) is 34.0. The number of hydrogen-bond acceptors (Lipinski definition) is 8. The van der Waals surface area contributed by atoms with Crippen molar-refractivity contribution < 1.29 is 6.17 Å². The maximum atomic E-state index is 13.1. The summed E-state index contributed by atoms with van der Waals surface area (Å²) >= 11 is 0. The fourth-order valence-corrected chi connectivity index (χ4v) is 7.63. The molecule has 4 aliphatic heterocycles. The number of carbonyl (C=O) groups is 1. The third-order valence-corrected chi connectivity index (χ3v) is 9.31. The number of aryl methyl sites for hydroxylation is 1. The predicted octanol–water partition coefficient (Wildman–Crippen LogP) is 2.60. The summed E-state index contributed by atoms with van der Waals surface area (Å²) in [7, 11) is 2.13. The van der Waals surface area contributed by atoms with Gasteiger partial charge in [-0.1, -0.05) is 0 Å². The average molecular weight is 538 g/mol. The number of nitriles is 1. The van der Waals surface area contributed by atoms with Crippen molar-refractivity contribution in [2.75, 3.05) is 75.8 Å². The number of aromatic nitrogens is 2. The number of nitrogens with zero attached hydrogens (tertiary/aromatic N) is 8. The van der Waals surface area contributed by atoms with Gasteiger partial charge in [-0.2, -0.15) is 5.26 Å². The minimum absolute atomic E-state index is 0.0931. The van der Waals surface area contributed by atoms with E-state index in [-0.39, 0.29) is 12.1 Å². The predicted molar refractivity (Wildman–Crippen MR) is 156 cm³/mol. The van der Waals surface area contributed by atoms with Crippen molar-refractivity contribution >= 4 is 28.3 Å². The molecule has 0 bridgehead atoms. The molecule has 9 nitrogen and oxygen atoms in total. The smallest absolute Gasteiger partial charge is 0.255 e. The van der Waals surface area contributed by atoms with Gasteiger partial charge in [0.2, 0.25) is 0 Å². The molecule has 0 unspecified atom stereocenters. The van der Waals surface area contributed by atoms with E-state index in [1.165, 1.54) is 0 Å². The minimum Gasteiger partial charge on any atom is -0.368 e. The molecule has 206 valence electrons. The van der Waals surface area contributed by atoms with Crippen LogP contribution in [-0.2, 0) is 0 Å². The van der Waals surface area contributed by atoms with Crippen LogP contribution in [0.15, 0.2) is 42.7 Å². The number of amides is 1. The standard InChI is InChI=1S/C31H36N8O/c1-21-11-24(30(40)38-19-31(20-38)17-35(3)18-31)13-34-29(21)36-9-10-39-22(2)14-37(16-25(39)15-36)27-7-6-23(12-32)28-26(27)5-4-8-33-28/h4-8,11,13,22,25H,9-10,14-20H2,1-3H3/t22-,25+/m1/s1/i8D. The number of likely N-dealkylation sites (tertiary alicyclic amines) is 2. The van der Waals surface area contributed by atoms with Gasteiger partial charge in [0.25, 0.3) is 5.91 Å². The van der Waals surface area contributed by atoms with Gasteiger partial charge in [0.15, 0.2) is 0 Å². The van der Waals surface area contributed by atoms with Gasteiger partial charge in [-0.25, -0.2) is 4.98 Å². The third kappa shape index (κ3) is 4.09. The van der Waals surface area contributed by atoms with E-state index in [1.54, 1.807) is 12.3 Å². The molecular formula is C31H36N8O. The molecule has 4 aliphatic rings. The zero-order valence-corrected chi connectivity index (χ0v) is 23.5. The first-order chi connectivity index (χ1) is 19.7. The number of piperazine rings is 2. The molecule has 7 rings (SSSR count). The molecule has 0 N–H and O–H groups in total. The molecule has 2 atom stereocenters. The average Bonchev–Trinajstić information content (AvgIpc) is 2.92. The van der Waals surface area contributed by atoms with Crippen molar-refractivity contribution in [2.45, 2.75) is 25.9 Å². The Balaban J connectivity index is 1.08. The minimum atomic E-state index is 0.0931. The molecule has 0 aliphatic carbocycles. The SMILES string of the molecule is [2H]c1ccc2c(N3C[C@@H]4CN(c5ncc(C(=O)N6CC7(CN(C)C7)C6)cc5C)CCN4[C@H](C)C3)ccc(C#N)c2n1. The number of benzene rings is 1. The molecule has 4 saturated heterocycles. The van der Waals surface area contributed by atoms with Crippen molar-refractivity contribution in [3.05, 3.63) is 59.4 Å². The maximum absolute atomic E-state index is 13.1. The summed E-state index contributed by atoms with van der Waals surface area (Å²) in [5.41, 5.74) is 4.21. The molecule has 1 aromatic carbocycles. The Bertz CT molecular complexity index is 1570. The Kier molecular flexibility index (Phi) is 5.68. The molecule has 4 fully saturated rings. The first kappa shape index (κ1) is 24.1. The zero-order chi connectivity index (χ0) is 28.5. The highest BCUT2D eigenvalue weighted by Gasteiger charge is 2.52. The van der Waals surface area contributed by atoms with Crippen LogP contribution in [0.3, 0.4) is 0 Å². The number of pyridine rings is 2. The lowest BCUT2D eigenvalue weighted by Crippen LogP contribution is -2.72. The van der Waals surface area contributed by atoms with Gasteiger partial charge in [0.1, 0.15) is 11.9 Å². The number of fused-ring (bicyclic) bond motifs is 2. The van der Waals surface area contributed by atoms with Crippen molar-refractivity contribution in [3.63, 3.8) is 0 Å². The molecule has 0 radical (unpaired) electrons. The number of rotatable bonds is 3. The summed E-state index contributed by atoms with van der Waals surface area (Å²) in [5.74, 6) is 1.05. The second-order valence-corrected chi connectivity index (χ2v) is 12.4. The lowest BCUT2D eigenvalue weighted by atomic mass is 9.73. The van der Waals surface area contributed by atoms with E-state index in [2.05, 4.69) is 51.5 Å². The fraction of sp³-hybridized carbons (Fsp3) is 0.484. The summed E-state index contributed by atoms with van der Waals surface area (Å²) in [5, 5.41) is 10.5. The normalized spacial score (nSPS) is 24.8. The summed E-state index contributed by atoms with van der Waals surface area (Å²) in [6.07, 6.45) is 1.93. The van der Waals surface area contributed by atoms with Crippen molar-refractivity contribution in [1.29, 1.82) is 5.26 Å². The molecule has 0 saturated carbocycles. The first-order valence-corrected chi connectivity index (χ1v) is 14.2. The van der Waals surface area contributed by atoms with Gasteiger partial charge >= 0.3 is 0 Å². The first-order valence-electron chi connectivity index (χ1n) is 14.7. The van der Waals surface area contributed by atoms with E-state index < -0.39 is 0 Å². The van der Waals surface area contributed by atoms with Gasteiger partial charge in [-0.3, -0.25) is 14.7 Å². The van der Waals surface area contributed by atoms with Gasteiger partial charge in [-0.15, -0.1) is 0 Å². The van der Waals surface area contributed by atoms with Crippen LogP contribution in [0.25, 0.3) is 10.9 Å². The van der Waals surface area contributed by atoms with Crippen LogP contribution in [0.5, 0.6) is 0 Å². The molecule has 1 spiro atoms. The molecule has 6 heterocycles. The third-order valence-electron chi connectivity index (χ3n) is 9.31. The molecule has 9 heteroatoms. The molecular weight excluding hydrogens is 500 g/mol. The molecule has 40 heavy (non-hydrogen) atoms. The van der Waals surface area contributed by atoms with Gasteiger partial charge in [-0.05, 0) is 56.8 Å². The summed E-state index contributed by atoms with van der Waals surface area (Å²) in [6, 6.07) is 12.4. The van der Waals surface area contributed by atoms with Crippen LogP contribution in [0.1, 0.15) is 29.8 Å². The lowest BCUT2D eigenvalue weighted by molar-refractivity contribution is -0.0872. The topological polar surface area (TPSA) is 82.8 Å². The van der Waals surface area contributed by atoms with E-state index in [0.717, 1.165) is 81.4 Å². The van der Waals surface area contributed by atoms with Crippen LogP contribution in [0.2, 0.25) is 0 Å². The zero-order valence-electron chi connectivity index (χ0n) is 24.5. The Morgan fingerprint density at radius 2 is 1.90 bits per heavy atom. The Labute approximate surface area is 237 Å². The maximum Gasteiger partial charge on any atom is 0.255 e. The van der Waals surface area contributed by atoms with E-state index >= 15 is 0 Å². The van der Waals surface area contributed by atoms with Crippen molar-refractivity contribution in [2.24, 2.45) is 5.41 Å². The highest BCUT2D eigenvalue weighted by Crippen LogP contribution is 2.39. The van der Waals surface area contributed by atoms with Gasteiger partial charge in [0.05, 0.1) is 18.0 Å². The van der Waals surface area contributed by atoms with Crippen LogP contribution < -0.4 is 9.80 Å². The van der Waals surface area contributed by atoms with E-state index in [0.29, 0.717) is 34.1 Å². The van der Waals surface area contributed by atoms with Crippen molar-refractivity contribution in [1.82, 2.24) is 24.7 Å². The Hall–Kier alpha value is -3.74. The fourth-order valence-electron chi connectivity index (χ4n) is 7.63. The summed E-state index contributed by atoms with van der Waals surface area (Å²) < 4.78 is 7.97.